The van der Waals surface area contributed by atoms with E-state index in [0.29, 0.717) is 49.3 Å². The molecular formula is C24H28N4O3S. The summed E-state index contributed by atoms with van der Waals surface area (Å²) < 4.78 is 33.4. The summed E-state index contributed by atoms with van der Waals surface area (Å²) >= 11 is 0. The molecule has 2 heterocycles. The van der Waals surface area contributed by atoms with Crippen molar-refractivity contribution >= 4 is 10.0 Å². The molecule has 0 radical (unpaired) electrons. The zero-order chi connectivity index (χ0) is 22.1. The van der Waals surface area contributed by atoms with Crippen LogP contribution < -0.4 is 0 Å². The first-order valence-corrected chi connectivity index (χ1v) is 12.7. The van der Waals surface area contributed by atoms with Crippen molar-refractivity contribution in [2.24, 2.45) is 0 Å². The second-order valence-electron chi connectivity index (χ2n) is 8.64. The van der Waals surface area contributed by atoms with Gasteiger partial charge >= 0.3 is 0 Å². The van der Waals surface area contributed by atoms with Crippen LogP contribution in [0.25, 0.3) is 11.4 Å². The Morgan fingerprint density at radius 1 is 0.969 bits per heavy atom. The molecule has 5 rings (SSSR count). The molecule has 1 aromatic heterocycles. The Labute approximate surface area is 189 Å². The number of aryl methyl sites for hydroxylation is 3. The average Bonchev–Trinajstić information content (AvgIpc) is 3.27. The van der Waals surface area contributed by atoms with Crippen LogP contribution in [0.15, 0.2) is 51.9 Å². The van der Waals surface area contributed by atoms with Gasteiger partial charge < -0.3 is 4.52 Å². The summed E-state index contributed by atoms with van der Waals surface area (Å²) in [5, 5.41) is 4.12. The zero-order valence-electron chi connectivity index (χ0n) is 18.3. The van der Waals surface area contributed by atoms with Crippen molar-refractivity contribution in [1.82, 2.24) is 19.3 Å². The van der Waals surface area contributed by atoms with E-state index >= 15 is 0 Å². The standard InChI is InChI=1S/C24H28N4O3S/c1-18-6-2-5-9-22(18)24-25-23(31-26-24)17-27-12-14-28(15-13-27)32(29,30)21-11-10-19-7-3-4-8-20(19)16-21/h2,5-6,9-11,16H,3-4,7-8,12-15,17H2,1H3. The van der Waals surface area contributed by atoms with Gasteiger partial charge in [-0.15, -0.1) is 0 Å². The quantitative estimate of drug-likeness (QED) is 0.590. The van der Waals surface area contributed by atoms with E-state index in [1.807, 2.05) is 43.3 Å². The molecule has 0 spiro atoms. The molecule has 0 saturated carbocycles. The second kappa shape index (κ2) is 8.77. The fourth-order valence-electron chi connectivity index (χ4n) is 4.59. The predicted molar refractivity (Wildman–Crippen MR) is 122 cm³/mol. The molecule has 0 N–H and O–H groups in total. The lowest BCUT2D eigenvalue weighted by Gasteiger charge is -2.33. The van der Waals surface area contributed by atoms with Crippen molar-refractivity contribution in [2.45, 2.75) is 44.0 Å². The van der Waals surface area contributed by atoms with E-state index in [-0.39, 0.29) is 0 Å². The number of benzene rings is 2. The minimum absolute atomic E-state index is 0.423. The van der Waals surface area contributed by atoms with Crippen molar-refractivity contribution in [3.63, 3.8) is 0 Å². The minimum atomic E-state index is -3.47. The fraction of sp³-hybridized carbons (Fsp3) is 0.417. The number of fused-ring (bicyclic) bond motifs is 1. The Hall–Kier alpha value is -2.55. The van der Waals surface area contributed by atoms with Gasteiger partial charge in [-0.1, -0.05) is 35.5 Å². The van der Waals surface area contributed by atoms with E-state index in [1.165, 1.54) is 17.5 Å². The maximum absolute atomic E-state index is 13.2. The maximum atomic E-state index is 13.2. The Balaban J connectivity index is 1.22. The van der Waals surface area contributed by atoms with Crippen LogP contribution in [0, 0.1) is 6.92 Å². The number of sulfonamides is 1. The Bertz CT molecular complexity index is 1210. The van der Waals surface area contributed by atoms with Gasteiger partial charge in [0.2, 0.25) is 21.7 Å². The summed E-state index contributed by atoms with van der Waals surface area (Å²) in [4.78, 5) is 7.12. The maximum Gasteiger partial charge on any atom is 0.243 e. The van der Waals surface area contributed by atoms with Crippen LogP contribution in [0.1, 0.15) is 35.4 Å². The molecule has 2 aromatic carbocycles. The van der Waals surface area contributed by atoms with Gasteiger partial charge in [-0.2, -0.15) is 9.29 Å². The predicted octanol–water partition coefficient (Wildman–Crippen LogP) is 3.43. The SMILES string of the molecule is Cc1ccccc1-c1noc(CN2CCN(S(=O)(=O)c3ccc4c(c3)CCCC4)CC2)n1. The number of hydrogen-bond donors (Lipinski definition) is 0. The highest BCUT2D eigenvalue weighted by Crippen LogP contribution is 2.26. The Kier molecular flexibility index (Phi) is 5.84. The number of piperazine rings is 1. The largest absolute Gasteiger partial charge is 0.338 e. The van der Waals surface area contributed by atoms with Crippen LogP contribution in [0.2, 0.25) is 0 Å². The molecule has 8 heteroatoms. The first kappa shape index (κ1) is 21.3. The van der Waals surface area contributed by atoms with Crippen molar-refractivity contribution in [3.05, 3.63) is 65.0 Å². The molecule has 168 valence electrons. The molecule has 1 aliphatic heterocycles. The van der Waals surface area contributed by atoms with Crippen LogP contribution in [-0.4, -0.2) is 53.9 Å². The topological polar surface area (TPSA) is 79.5 Å². The molecule has 7 nitrogen and oxygen atoms in total. The number of rotatable bonds is 5. The van der Waals surface area contributed by atoms with Gasteiger partial charge in [-0.25, -0.2) is 8.42 Å². The molecule has 1 fully saturated rings. The van der Waals surface area contributed by atoms with Crippen molar-refractivity contribution in [3.8, 4) is 11.4 Å². The Morgan fingerprint density at radius 2 is 1.72 bits per heavy atom. The number of nitrogens with zero attached hydrogens (tertiary/aromatic N) is 4. The summed E-state index contributed by atoms with van der Waals surface area (Å²) in [6.07, 6.45) is 4.35. The van der Waals surface area contributed by atoms with Gasteiger partial charge in [0.05, 0.1) is 11.4 Å². The van der Waals surface area contributed by atoms with E-state index in [9.17, 15) is 8.42 Å². The normalized spacial score (nSPS) is 17.9. The molecule has 1 saturated heterocycles. The number of hydrogen-bond acceptors (Lipinski definition) is 6. The lowest BCUT2D eigenvalue weighted by Crippen LogP contribution is -2.48. The molecule has 0 atom stereocenters. The second-order valence-corrected chi connectivity index (χ2v) is 10.6. The lowest BCUT2D eigenvalue weighted by molar-refractivity contribution is 0.163. The van der Waals surface area contributed by atoms with Crippen molar-refractivity contribution in [1.29, 1.82) is 0 Å². The third-order valence-corrected chi connectivity index (χ3v) is 8.40. The third kappa shape index (κ3) is 4.22. The van der Waals surface area contributed by atoms with E-state index < -0.39 is 10.0 Å². The smallest absolute Gasteiger partial charge is 0.243 e. The summed E-state index contributed by atoms with van der Waals surface area (Å²) in [5.74, 6) is 1.14. The zero-order valence-corrected chi connectivity index (χ0v) is 19.1. The van der Waals surface area contributed by atoms with Gasteiger partial charge in [0, 0.05) is 31.7 Å². The van der Waals surface area contributed by atoms with Gasteiger partial charge in [0.25, 0.3) is 0 Å². The average molecular weight is 453 g/mol. The van der Waals surface area contributed by atoms with E-state index in [2.05, 4.69) is 15.0 Å². The third-order valence-electron chi connectivity index (χ3n) is 6.50. The Morgan fingerprint density at radius 3 is 2.50 bits per heavy atom. The molecule has 0 bridgehead atoms. The molecule has 2 aliphatic rings. The van der Waals surface area contributed by atoms with Gasteiger partial charge in [0.1, 0.15) is 0 Å². The first-order valence-electron chi connectivity index (χ1n) is 11.2. The highest BCUT2D eigenvalue weighted by molar-refractivity contribution is 7.89. The van der Waals surface area contributed by atoms with E-state index in [4.69, 9.17) is 4.52 Å². The molecule has 0 unspecified atom stereocenters. The molecule has 3 aromatic rings. The minimum Gasteiger partial charge on any atom is -0.338 e. The van der Waals surface area contributed by atoms with Crippen LogP contribution in [0.4, 0.5) is 0 Å². The van der Waals surface area contributed by atoms with Crippen molar-refractivity contribution in [2.75, 3.05) is 26.2 Å². The van der Waals surface area contributed by atoms with Gasteiger partial charge in [0.15, 0.2) is 0 Å². The summed E-state index contributed by atoms with van der Waals surface area (Å²) in [6.45, 7) is 4.72. The van der Waals surface area contributed by atoms with Crippen LogP contribution in [-0.2, 0) is 29.4 Å². The van der Waals surface area contributed by atoms with Crippen LogP contribution in [0.3, 0.4) is 0 Å². The fourth-order valence-corrected chi connectivity index (χ4v) is 6.06. The highest BCUT2D eigenvalue weighted by atomic mass is 32.2. The number of aromatic nitrogens is 2. The van der Waals surface area contributed by atoms with E-state index in [0.717, 1.165) is 30.4 Å². The highest BCUT2D eigenvalue weighted by Gasteiger charge is 2.30. The van der Waals surface area contributed by atoms with Gasteiger partial charge in [-0.05, 0) is 61.4 Å². The van der Waals surface area contributed by atoms with Gasteiger partial charge in [-0.3, -0.25) is 4.90 Å². The monoisotopic (exact) mass is 452 g/mol. The molecule has 1 aliphatic carbocycles. The van der Waals surface area contributed by atoms with Crippen LogP contribution >= 0.6 is 0 Å². The summed E-state index contributed by atoms with van der Waals surface area (Å²) in [6, 6.07) is 13.6. The molecule has 32 heavy (non-hydrogen) atoms. The molecule has 0 amide bonds. The first-order chi connectivity index (χ1) is 15.5. The summed E-state index contributed by atoms with van der Waals surface area (Å²) in [7, 11) is -3.47. The van der Waals surface area contributed by atoms with Crippen LogP contribution in [0.5, 0.6) is 0 Å². The molecular weight excluding hydrogens is 424 g/mol. The lowest BCUT2D eigenvalue weighted by atomic mass is 9.92. The summed E-state index contributed by atoms with van der Waals surface area (Å²) in [5.41, 5.74) is 4.55. The van der Waals surface area contributed by atoms with Crippen molar-refractivity contribution < 1.29 is 12.9 Å². The van der Waals surface area contributed by atoms with E-state index in [1.54, 1.807) is 10.4 Å².